The number of hydrogen-bond acceptors (Lipinski definition) is 2. The molecule has 0 saturated heterocycles. The van der Waals surface area contributed by atoms with Crippen LogP contribution in [0.15, 0.2) is 22.5 Å². The van der Waals surface area contributed by atoms with Gasteiger partial charge < -0.3 is 0 Å². The second-order valence-corrected chi connectivity index (χ2v) is 5.47. The first-order chi connectivity index (χ1) is 6.25. The molecule has 0 atom stereocenters. The first kappa shape index (κ1) is 9.44. The lowest BCUT2D eigenvalue weighted by Gasteiger charge is -2.26. The van der Waals surface area contributed by atoms with E-state index >= 15 is 0 Å². The molecular weight excluding hydrogens is 246 g/mol. The maximum atomic E-state index is 3.87. The lowest BCUT2D eigenvalue weighted by Crippen LogP contribution is -2.30. The zero-order chi connectivity index (χ0) is 9.26. The number of rotatable bonds is 2. The van der Waals surface area contributed by atoms with Gasteiger partial charge in [-0.05, 0) is 23.4 Å². The van der Waals surface area contributed by atoms with E-state index in [1.54, 1.807) is 5.56 Å². The van der Waals surface area contributed by atoms with Crippen molar-refractivity contribution in [2.45, 2.75) is 13.0 Å². The second-order valence-electron chi connectivity index (χ2n) is 3.35. The Balaban J connectivity index is 2.04. The fourth-order valence-corrected chi connectivity index (χ4v) is 3.00. The molecule has 2 heterocycles. The molecule has 3 heteroatoms. The van der Waals surface area contributed by atoms with Gasteiger partial charge >= 0.3 is 0 Å². The van der Waals surface area contributed by atoms with Crippen molar-refractivity contribution in [3.05, 3.63) is 32.9 Å². The van der Waals surface area contributed by atoms with Crippen molar-refractivity contribution in [3.8, 4) is 0 Å². The monoisotopic (exact) mass is 257 g/mol. The molecule has 0 aromatic carbocycles. The van der Waals surface area contributed by atoms with Gasteiger partial charge in [-0.2, -0.15) is 0 Å². The Kier molecular flexibility index (Phi) is 2.86. The van der Waals surface area contributed by atoms with Crippen LogP contribution in [0.2, 0.25) is 0 Å². The maximum absolute atomic E-state index is 3.87. The molecule has 0 fully saturated rings. The Morgan fingerprint density at radius 2 is 2.54 bits per heavy atom. The van der Waals surface area contributed by atoms with Crippen molar-refractivity contribution in [2.75, 3.05) is 13.1 Å². The van der Waals surface area contributed by atoms with Crippen LogP contribution in [0.3, 0.4) is 0 Å². The highest BCUT2D eigenvalue weighted by Gasteiger charge is 2.16. The summed E-state index contributed by atoms with van der Waals surface area (Å²) in [5, 5.41) is 2.19. The normalized spacial score (nSPS) is 17.0. The number of thiophene rings is 1. The van der Waals surface area contributed by atoms with E-state index in [1.165, 1.54) is 11.3 Å². The van der Waals surface area contributed by atoms with Crippen LogP contribution >= 0.6 is 27.3 Å². The topological polar surface area (TPSA) is 3.24 Å². The first-order valence-corrected chi connectivity index (χ1v) is 6.04. The molecule has 1 aromatic heterocycles. The highest BCUT2D eigenvalue weighted by Crippen LogP contribution is 2.24. The third-order valence-electron chi connectivity index (χ3n) is 2.30. The molecule has 70 valence electrons. The Bertz CT molecular complexity index is 318. The van der Waals surface area contributed by atoms with Gasteiger partial charge in [0, 0.05) is 29.0 Å². The molecule has 1 aromatic rings. The molecule has 0 unspecified atom stereocenters. The van der Waals surface area contributed by atoms with Gasteiger partial charge in [-0.3, -0.25) is 4.90 Å². The Morgan fingerprint density at radius 1 is 1.69 bits per heavy atom. The average Bonchev–Trinajstić information content (AvgIpc) is 2.49. The maximum Gasteiger partial charge on any atom is 0.0334 e. The summed E-state index contributed by atoms with van der Waals surface area (Å²) in [6.07, 6.45) is 1.19. The third-order valence-corrected chi connectivity index (χ3v) is 3.50. The van der Waals surface area contributed by atoms with Gasteiger partial charge in [0.2, 0.25) is 0 Å². The standard InChI is InChI=1S/C10H12BrNS/c1-8(11)6-12-4-2-9-3-5-13-10(9)7-12/h3,5H,1-2,4,6-7H2. The predicted molar refractivity (Wildman–Crippen MR) is 61.4 cm³/mol. The Hall–Kier alpha value is -0.120. The summed E-state index contributed by atoms with van der Waals surface area (Å²) in [5.74, 6) is 0. The predicted octanol–water partition coefficient (Wildman–Crippen LogP) is 3.01. The van der Waals surface area contributed by atoms with Crippen molar-refractivity contribution < 1.29 is 0 Å². The summed E-state index contributed by atoms with van der Waals surface area (Å²) in [7, 11) is 0. The molecule has 1 nitrogen and oxygen atoms in total. The highest BCUT2D eigenvalue weighted by molar-refractivity contribution is 9.11. The van der Waals surface area contributed by atoms with Gasteiger partial charge in [0.15, 0.2) is 0 Å². The molecule has 0 bridgehead atoms. The molecule has 0 radical (unpaired) electrons. The van der Waals surface area contributed by atoms with E-state index in [2.05, 4.69) is 38.9 Å². The zero-order valence-corrected chi connectivity index (χ0v) is 9.83. The van der Waals surface area contributed by atoms with E-state index in [0.717, 1.165) is 24.1 Å². The average molecular weight is 258 g/mol. The van der Waals surface area contributed by atoms with E-state index in [4.69, 9.17) is 0 Å². The Labute approximate surface area is 91.2 Å². The van der Waals surface area contributed by atoms with E-state index in [1.807, 2.05) is 11.3 Å². The highest BCUT2D eigenvalue weighted by atomic mass is 79.9. The third kappa shape index (κ3) is 2.22. The molecular formula is C10H12BrNS. The number of hydrogen-bond donors (Lipinski definition) is 0. The summed E-state index contributed by atoms with van der Waals surface area (Å²) < 4.78 is 1.08. The van der Waals surface area contributed by atoms with Gasteiger partial charge in [0.05, 0.1) is 0 Å². The van der Waals surface area contributed by atoms with Crippen LogP contribution in [0.5, 0.6) is 0 Å². The van der Waals surface area contributed by atoms with E-state index in [9.17, 15) is 0 Å². The minimum atomic E-state index is 0.970. The molecule has 1 aliphatic rings. The SMILES string of the molecule is C=C(Br)CN1CCc2ccsc2C1. The molecule has 0 saturated carbocycles. The van der Waals surface area contributed by atoms with Crippen molar-refractivity contribution in [1.82, 2.24) is 4.90 Å². The van der Waals surface area contributed by atoms with Crippen LogP contribution in [0, 0.1) is 0 Å². The molecule has 13 heavy (non-hydrogen) atoms. The van der Waals surface area contributed by atoms with Gasteiger partial charge in [-0.1, -0.05) is 22.5 Å². The van der Waals surface area contributed by atoms with Crippen LogP contribution in [0.25, 0.3) is 0 Å². The van der Waals surface area contributed by atoms with Gasteiger partial charge in [-0.15, -0.1) is 11.3 Å². The number of halogens is 1. The van der Waals surface area contributed by atoms with Crippen molar-refractivity contribution in [1.29, 1.82) is 0 Å². The van der Waals surface area contributed by atoms with Crippen LogP contribution in [0.1, 0.15) is 10.4 Å². The van der Waals surface area contributed by atoms with E-state index < -0.39 is 0 Å². The summed E-state index contributed by atoms with van der Waals surface area (Å²) >= 11 is 5.28. The fraction of sp³-hybridized carbons (Fsp3) is 0.400. The molecule has 0 N–H and O–H groups in total. The van der Waals surface area contributed by atoms with E-state index in [0.29, 0.717) is 0 Å². The minimum absolute atomic E-state index is 0.970. The van der Waals surface area contributed by atoms with Crippen molar-refractivity contribution in [2.24, 2.45) is 0 Å². The molecule has 1 aliphatic heterocycles. The summed E-state index contributed by atoms with van der Waals surface area (Å²) in [5.41, 5.74) is 1.54. The second kappa shape index (κ2) is 3.95. The molecule has 2 rings (SSSR count). The summed E-state index contributed by atoms with van der Waals surface area (Å²) in [6.45, 7) is 7.10. The van der Waals surface area contributed by atoms with Crippen LogP contribution < -0.4 is 0 Å². The molecule has 0 spiro atoms. The quantitative estimate of drug-likeness (QED) is 0.788. The minimum Gasteiger partial charge on any atom is -0.293 e. The largest absolute Gasteiger partial charge is 0.293 e. The lowest BCUT2D eigenvalue weighted by molar-refractivity contribution is 0.284. The first-order valence-electron chi connectivity index (χ1n) is 4.36. The Morgan fingerprint density at radius 3 is 3.31 bits per heavy atom. The zero-order valence-electron chi connectivity index (χ0n) is 7.42. The van der Waals surface area contributed by atoms with Crippen molar-refractivity contribution >= 4 is 27.3 Å². The lowest BCUT2D eigenvalue weighted by atomic mass is 10.1. The van der Waals surface area contributed by atoms with Gasteiger partial charge in [0.1, 0.15) is 0 Å². The van der Waals surface area contributed by atoms with E-state index in [-0.39, 0.29) is 0 Å². The molecule has 0 aliphatic carbocycles. The van der Waals surface area contributed by atoms with Crippen LogP contribution in [-0.2, 0) is 13.0 Å². The summed E-state index contributed by atoms with van der Waals surface area (Å²) in [6, 6.07) is 2.25. The van der Waals surface area contributed by atoms with Gasteiger partial charge in [-0.25, -0.2) is 0 Å². The van der Waals surface area contributed by atoms with Crippen LogP contribution in [-0.4, -0.2) is 18.0 Å². The number of fused-ring (bicyclic) bond motifs is 1. The molecule has 0 amide bonds. The number of nitrogens with zero attached hydrogens (tertiary/aromatic N) is 1. The smallest absolute Gasteiger partial charge is 0.0334 e. The summed E-state index contributed by atoms with van der Waals surface area (Å²) in [4.78, 5) is 3.95. The van der Waals surface area contributed by atoms with Crippen LogP contribution in [0.4, 0.5) is 0 Å². The fourth-order valence-electron chi connectivity index (χ4n) is 1.67. The van der Waals surface area contributed by atoms with Gasteiger partial charge in [0.25, 0.3) is 0 Å². The van der Waals surface area contributed by atoms with Crippen molar-refractivity contribution in [3.63, 3.8) is 0 Å².